The lowest BCUT2D eigenvalue weighted by Crippen LogP contribution is -2.57. The normalized spacial score (nSPS) is 21.7. The number of piperidine rings is 1. The molecule has 2 unspecified atom stereocenters. The van der Waals surface area contributed by atoms with E-state index in [-0.39, 0.29) is 24.4 Å². The zero-order chi connectivity index (χ0) is 16.2. The molecule has 2 rings (SSSR count). The lowest BCUT2D eigenvalue weighted by molar-refractivity contribution is -0.128. The molecular weight excluding hydrogens is 316 g/mol. The van der Waals surface area contributed by atoms with Gasteiger partial charge in [-0.2, -0.15) is 0 Å². The van der Waals surface area contributed by atoms with Gasteiger partial charge in [-0.15, -0.1) is 12.4 Å². The molecule has 1 fully saturated rings. The third-order valence-corrected chi connectivity index (χ3v) is 4.15. The van der Waals surface area contributed by atoms with Crippen LogP contribution in [-0.2, 0) is 4.79 Å². The minimum atomic E-state index is -0.592. The van der Waals surface area contributed by atoms with Crippen LogP contribution < -0.4 is 21.7 Å². The average Bonchev–Trinajstić information content (AvgIpc) is 2.48. The summed E-state index contributed by atoms with van der Waals surface area (Å²) in [5.41, 5.74) is 6.19. The number of nitrogens with one attached hydrogen (secondary N) is 3. The number of hydrogen-bond acceptors (Lipinski definition) is 3. The van der Waals surface area contributed by atoms with E-state index in [1.807, 2.05) is 26.0 Å². The predicted octanol–water partition coefficient (Wildman–Crippen LogP) is 2.31. The topological polar surface area (TPSA) is 96.2 Å². The van der Waals surface area contributed by atoms with Gasteiger partial charge in [-0.3, -0.25) is 4.79 Å². The number of anilines is 1. The van der Waals surface area contributed by atoms with Crippen LogP contribution in [-0.4, -0.2) is 24.0 Å². The van der Waals surface area contributed by atoms with E-state index in [4.69, 9.17) is 5.73 Å². The number of nitrogens with two attached hydrogens (primary N) is 1. The van der Waals surface area contributed by atoms with Crippen LogP contribution in [0.2, 0.25) is 0 Å². The third-order valence-electron chi connectivity index (χ3n) is 4.15. The second-order valence-electron chi connectivity index (χ2n) is 6.02. The number of carbonyl (C=O) groups is 2. The van der Waals surface area contributed by atoms with E-state index in [1.54, 1.807) is 12.1 Å². The lowest BCUT2D eigenvalue weighted by Gasteiger charge is -2.34. The van der Waals surface area contributed by atoms with Crippen molar-refractivity contribution in [2.24, 2.45) is 5.73 Å². The van der Waals surface area contributed by atoms with E-state index in [0.717, 1.165) is 31.4 Å². The van der Waals surface area contributed by atoms with Crippen molar-refractivity contribution in [1.29, 1.82) is 0 Å². The lowest BCUT2D eigenvalue weighted by atomic mass is 9.89. The molecule has 1 heterocycles. The maximum absolute atomic E-state index is 12.5. The van der Waals surface area contributed by atoms with Crippen molar-refractivity contribution >= 4 is 30.0 Å². The summed E-state index contributed by atoms with van der Waals surface area (Å²) in [5, 5.41) is 8.87. The zero-order valence-electron chi connectivity index (χ0n) is 13.5. The average molecular weight is 341 g/mol. The SMILES string of the molecule is CC(NC(=O)C1(C)CCCCN1)c1ccc(NC(N)=O)cc1.Cl. The Morgan fingerprint density at radius 3 is 2.43 bits per heavy atom. The third kappa shape index (κ3) is 5.11. The molecule has 23 heavy (non-hydrogen) atoms. The molecule has 1 aliphatic rings. The molecule has 0 aliphatic carbocycles. The summed E-state index contributed by atoms with van der Waals surface area (Å²) < 4.78 is 0. The number of urea groups is 1. The van der Waals surface area contributed by atoms with Crippen molar-refractivity contribution in [3.8, 4) is 0 Å². The van der Waals surface area contributed by atoms with Crippen molar-refractivity contribution in [2.75, 3.05) is 11.9 Å². The Kier molecular flexibility index (Phi) is 6.84. The van der Waals surface area contributed by atoms with Gasteiger partial charge in [0.1, 0.15) is 0 Å². The number of hydrogen-bond donors (Lipinski definition) is 4. The van der Waals surface area contributed by atoms with Crippen LogP contribution in [0.4, 0.5) is 10.5 Å². The number of carbonyl (C=O) groups excluding carboxylic acids is 2. The Morgan fingerprint density at radius 2 is 1.91 bits per heavy atom. The van der Waals surface area contributed by atoms with Gasteiger partial charge in [-0.05, 0) is 57.4 Å². The number of primary amides is 1. The van der Waals surface area contributed by atoms with Crippen LogP contribution in [0.25, 0.3) is 0 Å². The second kappa shape index (κ2) is 8.17. The Labute approximate surface area is 143 Å². The van der Waals surface area contributed by atoms with Crippen LogP contribution in [0, 0.1) is 0 Å². The van der Waals surface area contributed by atoms with Crippen molar-refractivity contribution in [1.82, 2.24) is 10.6 Å². The summed E-state index contributed by atoms with van der Waals surface area (Å²) in [6.07, 6.45) is 3.04. The Hall–Kier alpha value is -1.79. The van der Waals surface area contributed by atoms with E-state index < -0.39 is 11.6 Å². The molecule has 0 aromatic heterocycles. The fourth-order valence-electron chi connectivity index (χ4n) is 2.69. The van der Waals surface area contributed by atoms with Gasteiger partial charge < -0.3 is 21.7 Å². The van der Waals surface area contributed by atoms with Gasteiger partial charge in [0.05, 0.1) is 11.6 Å². The molecule has 0 bridgehead atoms. The Bertz CT molecular complexity index is 542. The number of amides is 3. The first-order valence-electron chi connectivity index (χ1n) is 7.63. The molecule has 5 N–H and O–H groups in total. The standard InChI is InChI=1S/C16H24N4O2.ClH/c1-11(12-5-7-13(8-6-12)20-15(17)22)19-14(21)16(2)9-3-4-10-18-16;/h5-8,11,18H,3-4,9-10H2,1-2H3,(H,19,21)(H3,17,20,22);1H. The molecule has 2 atom stereocenters. The minimum Gasteiger partial charge on any atom is -0.351 e. The van der Waals surface area contributed by atoms with Gasteiger partial charge in [0.2, 0.25) is 5.91 Å². The predicted molar refractivity (Wildman–Crippen MR) is 93.7 cm³/mol. The molecule has 1 saturated heterocycles. The minimum absolute atomic E-state index is 0. The molecule has 0 spiro atoms. The summed E-state index contributed by atoms with van der Waals surface area (Å²) >= 11 is 0. The highest BCUT2D eigenvalue weighted by Gasteiger charge is 2.34. The molecular formula is C16H25ClN4O2. The van der Waals surface area contributed by atoms with Crippen LogP contribution in [0.15, 0.2) is 24.3 Å². The first-order valence-corrected chi connectivity index (χ1v) is 7.63. The van der Waals surface area contributed by atoms with Gasteiger partial charge in [0, 0.05) is 5.69 Å². The van der Waals surface area contributed by atoms with Gasteiger partial charge in [-0.1, -0.05) is 12.1 Å². The van der Waals surface area contributed by atoms with E-state index in [2.05, 4.69) is 16.0 Å². The molecule has 128 valence electrons. The molecule has 0 radical (unpaired) electrons. The van der Waals surface area contributed by atoms with Crippen molar-refractivity contribution in [3.05, 3.63) is 29.8 Å². The maximum Gasteiger partial charge on any atom is 0.316 e. The molecule has 7 heteroatoms. The highest BCUT2D eigenvalue weighted by atomic mass is 35.5. The van der Waals surface area contributed by atoms with Crippen molar-refractivity contribution in [3.63, 3.8) is 0 Å². The summed E-state index contributed by atoms with van der Waals surface area (Å²) in [6, 6.07) is 6.58. The van der Waals surface area contributed by atoms with Crippen molar-refractivity contribution in [2.45, 2.75) is 44.7 Å². The van der Waals surface area contributed by atoms with Crippen LogP contribution in [0.5, 0.6) is 0 Å². The quantitative estimate of drug-likeness (QED) is 0.677. The largest absolute Gasteiger partial charge is 0.351 e. The van der Waals surface area contributed by atoms with Crippen LogP contribution in [0.3, 0.4) is 0 Å². The maximum atomic E-state index is 12.5. The molecule has 1 aromatic carbocycles. The zero-order valence-corrected chi connectivity index (χ0v) is 14.3. The molecule has 0 saturated carbocycles. The van der Waals surface area contributed by atoms with Gasteiger partial charge in [0.15, 0.2) is 0 Å². The number of rotatable bonds is 4. The summed E-state index contributed by atoms with van der Waals surface area (Å²) in [4.78, 5) is 23.3. The first kappa shape index (κ1) is 19.3. The van der Waals surface area contributed by atoms with E-state index in [1.165, 1.54) is 0 Å². The number of halogens is 1. The smallest absolute Gasteiger partial charge is 0.316 e. The fourth-order valence-corrected chi connectivity index (χ4v) is 2.69. The van der Waals surface area contributed by atoms with E-state index >= 15 is 0 Å². The number of benzene rings is 1. The Morgan fingerprint density at radius 1 is 1.26 bits per heavy atom. The van der Waals surface area contributed by atoms with E-state index in [9.17, 15) is 9.59 Å². The van der Waals surface area contributed by atoms with Gasteiger partial charge in [0.25, 0.3) is 0 Å². The first-order chi connectivity index (χ1) is 10.4. The van der Waals surface area contributed by atoms with Gasteiger partial charge >= 0.3 is 6.03 Å². The Balaban J connectivity index is 0.00000264. The highest BCUT2D eigenvalue weighted by Crippen LogP contribution is 2.21. The molecule has 6 nitrogen and oxygen atoms in total. The van der Waals surface area contributed by atoms with E-state index in [0.29, 0.717) is 5.69 Å². The molecule has 1 aliphatic heterocycles. The summed E-state index contributed by atoms with van der Waals surface area (Å²) in [5.74, 6) is 0.0269. The second-order valence-corrected chi connectivity index (χ2v) is 6.02. The van der Waals surface area contributed by atoms with Crippen LogP contribution >= 0.6 is 12.4 Å². The van der Waals surface area contributed by atoms with Gasteiger partial charge in [-0.25, -0.2) is 4.79 Å². The molecule has 1 aromatic rings. The van der Waals surface area contributed by atoms with Crippen molar-refractivity contribution < 1.29 is 9.59 Å². The monoisotopic (exact) mass is 340 g/mol. The summed E-state index contributed by atoms with van der Waals surface area (Å²) in [6.45, 7) is 4.78. The van der Waals surface area contributed by atoms with Crippen LogP contribution in [0.1, 0.15) is 44.7 Å². The molecule has 3 amide bonds. The highest BCUT2D eigenvalue weighted by molar-refractivity contribution is 5.88. The summed E-state index contributed by atoms with van der Waals surface area (Å²) in [7, 11) is 0. The fraction of sp³-hybridized carbons (Fsp3) is 0.500.